The molecule has 0 aromatic carbocycles. The summed E-state index contributed by atoms with van der Waals surface area (Å²) in [6.07, 6.45) is 1.75. The lowest BCUT2D eigenvalue weighted by molar-refractivity contribution is 0.0786. The number of aliphatic hydroxyl groups is 2. The Hall–Kier alpha value is -0.810. The number of carbonyl (C=O) groups excluding carboxylic acids is 1. The topological polar surface area (TPSA) is 72.8 Å². The van der Waals surface area contributed by atoms with E-state index in [2.05, 4.69) is 5.32 Å². The summed E-state index contributed by atoms with van der Waals surface area (Å²) in [6, 6.07) is -0.0345. The zero-order valence-electron chi connectivity index (χ0n) is 13.2. The van der Waals surface area contributed by atoms with Crippen molar-refractivity contribution in [3.05, 3.63) is 0 Å². The van der Waals surface area contributed by atoms with Crippen LogP contribution in [0.15, 0.2) is 0 Å². The normalized spacial score (nSPS) is 20.6. The first-order valence-electron chi connectivity index (χ1n) is 7.60. The SMILES string of the molecule is CC(O)CC(C)(C)CNC(=O)N1CCC(C(C)O)CC1. The maximum atomic E-state index is 12.1. The second kappa shape index (κ2) is 7.27. The molecule has 0 aliphatic carbocycles. The molecule has 1 fully saturated rings. The van der Waals surface area contributed by atoms with Crippen molar-refractivity contribution in [3.63, 3.8) is 0 Å². The fourth-order valence-corrected chi connectivity index (χ4v) is 2.88. The number of aliphatic hydroxyl groups excluding tert-OH is 2. The van der Waals surface area contributed by atoms with Gasteiger partial charge in [0.1, 0.15) is 0 Å². The highest BCUT2D eigenvalue weighted by Gasteiger charge is 2.27. The number of nitrogens with zero attached hydrogens (tertiary/aromatic N) is 1. The molecule has 118 valence electrons. The third-order valence-corrected chi connectivity index (χ3v) is 4.08. The van der Waals surface area contributed by atoms with E-state index in [0.717, 1.165) is 12.8 Å². The smallest absolute Gasteiger partial charge is 0.317 e. The summed E-state index contributed by atoms with van der Waals surface area (Å²) in [5, 5.41) is 21.9. The van der Waals surface area contributed by atoms with E-state index in [1.54, 1.807) is 6.92 Å². The Kier molecular flexibility index (Phi) is 6.27. The van der Waals surface area contributed by atoms with Crippen molar-refractivity contribution >= 4 is 6.03 Å². The molecule has 1 saturated heterocycles. The Morgan fingerprint density at radius 1 is 1.30 bits per heavy atom. The monoisotopic (exact) mass is 286 g/mol. The van der Waals surface area contributed by atoms with Gasteiger partial charge in [-0.2, -0.15) is 0 Å². The van der Waals surface area contributed by atoms with Crippen LogP contribution in [0.5, 0.6) is 0 Å². The molecule has 1 aliphatic heterocycles. The van der Waals surface area contributed by atoms with E-state index in [4.69, 9.17) is 0 Å². The molecule has 3 N–H and O–H groups in total. The van der Waals surface area contributed by atoms with Gasteiger partial charge in [-0.3, -0.25) is 0 Å². The fourth-order valence-electron chi connectivity index (χ4n) is 2.88. The first-order chi connectivity index (χ1) is 9.21. The summed E-state index contributed by atoms with van der Waals surface area (Å²) < 4.78 is 0. The van der Waals surface area contributed by atoms with Crippen molar-refractivity contribution in [2.24, 2.45) is 11.3 Å². The van der Waals surface area contributed by atoms with Gasteiger partial charge in [0, 0.05) is 19.6 Å². The zero-order valence-corrected chi connectivity index (χ0v) is 13.2. The fraction of sp³-hybridized carbons (Fsp3) is 0.933. The van der Waals surface area contributed by atoms with E-state index in [-0.39, 0.29) is 23.7 Å². The van der Waals surface area contributed by atoms with E-state index in [1.807, 2.05) is 25.7 Å². The van der Waals surface area contributed by atoms with Gasteiger partial charge >= 0.3 is 6.03 Å². The molecule has 1 rings (SSSR count). The van der Waals surface area contributed by atoms with Crippen molar-refractivity contribution in [2.75, 3.05) is 19.6 Å². The predicted molar refractivity (Wildman–Crippen MR) is 79.5 cm³/mol. The van der Waals surface area contributed by atoms with E-state index in [1.165, 1.54) is 0 Å². The summed E-state index contributed by atoms with van der Waals surface area (Å²) in [5.74, 6) is 0.311. The lowest BCUT2D eigenvalue weighted by Crippen LogP contribution is -2.48. The van der Waals surface area contributed by atoms with Crippen LogP contribution in [0.1, 0.15) is 47.0 Å². The van der Waals surface area contributed by atoms with Crippen LogP contribution < -0.4 is 5.32 Å². The van der Waals surface area contributed by atoms with Gasteiger partial charge in [0.05, 0.1) is 12.2 Å². The molecule has 1 aliphatic rings. The number of likely N-dealkylation sites (tertiary alicyclic amines) is 1. The number of hydrogen-bond donors (Lipinski definition) is 3. The minimum absolute atomic E-state index is 0.0345. The standard InChI is InChI=1S/C15H30N2O3/c1-11(18)9-15(3,4)10-16-14(20)17-7-5-13(6-8-17)12(2)19/h11-13,18-19H,5-10H2,1-4H3,(H,16,20). The minimum atomic E-state index is -0.358. The highest BCUT2D eigenvalue weighted by Crippen LogP contribution is 2.22. The molecule has 2 atom stereocenters. The van der Waals surface area contributed by atoms with Crippen molar-refractivity contribution in [1.82, 2.24) is 10.2 Å². The van der Waals surface area contributed by atoms with Crippen LogP contribution in [0.4, 0.5) is 4.79 Å². The summed E-state index contributed by atoms with van der Waals surface area (Å²) in [5.41, 5.74) is -0.109. The van der Waals surface area contributed by atoms with E-state index in [0.29, 0.717) is 32.0 Å². The molecule has 0 saturated carbocycles. The first-order valence-corrected chi connectivity index (χ1v) is 7.60. The first kappa shape index (κ1) is 17.2. The van der Waals surface area contributed by atoms with Gasteiger partial charge in [0.2, 0.25) is 0 Å². The maximum Gasteiger partial charge on any atom is 0.317 e. The number of carbonyl (C=O) groups is 1. The Labute approximate surface area is 122 Å². The van der Waals surface area contributed by atoms with Crippen molar-refractivity contribution in [1.29, 1.82) is 0 Å². The van der Waals surface area contributed by atoms with Crippen LogP contribution in [-0.4, -0.2) is 53.0 Å². The van der Waals surface area contributed by atoms with E-state index < -0.39 is 0 Å². The molecule has 5 heteroatoms. The molecule has 0 aromatic heterocycles. The lowest BCUT2D eigenvalue weighted by Gasteiger charge is -2.34. The Morgan fingerprint density at radius 2 is 1.85 bits per heavy atom. The molecular formula is C15H30N2O3. The van der Waals surface area contributed by atoms with E-state index >= 15 is 0 Å². The van der Waals surface area contributed by atoms with Gasteiger partial charge in [0.15, 0.2) is 0 Å². The quantitative estimate of drug-likeness (QED) is 0.718. The van der Waals surface area contributed by atoms with Crippen LogP contribution in [0, 0.1) is 11.3 Å². The lowest BCUT2D eigenvalue weighted by atomic mass is 9.87. The van der Waals surface area contributed by atoms with Crippen molar-refractivity contribution in [2.45, 2.75) is 59.2 Å². The second-order valence-electron chi connectivity index (χ2n) is 6.94. The molecule has 0 spiro atoms. The van der Waals surface area contributed by atoms with Crippen LogP contribution >= 0.6 is 0 Å². The number of hydrogen-bond acceptors (Lipinski definition) is 3. The molecule has 2 amide bonds. The van der Waals surface area contributed by atoms with Crippen LogP contribution in [0.25, 0.3) is 0 Å². The van der Waals surface area contributed by atoms with Crippen LogP contribution in [0.3, 0.4) is 0 Å². The summed E-state index contributed by atoms with van der Waals surface area (Å²) in [4.78, 5) is 13.9. The van der Waals surface area contributed by atoms with Gasteiger partial charge in [-0.1, -0.05) is 13.8 Å². The molecule has 0 aromatic rings. The van der Waals surface area contributed by atoms with Gasteiger partial charge < -0.3 is 20.4 Å². The number of nitrogens with one attached hydrogen (secondary N) is 1. The van der Waals surface area contributed by atoms with Gasteiger partial charge in [0.25, 0.3) is 0 Å². The molecular weight excluding hydrogens is 256 g/mol. The third-order valence-electron chi connectivity index (χ3n) is 4.08. The zero-order chi connectivity index (χ0) is 15.3. The van der Waals surface area contributed by atoms with E-state index in [9.17, 15) is 15.0 Å². The number of rotatable bonds is 5. The molecule has 0 bridgehead atoms. The summed E-state index contributed by atoms with van der Waals surface area (Å²) in [6.45, 7) is 9.65. The van der Waals surface area contributed by atoms with Gasteiger partial charge in [-0.15, -0.1) is 0 Å². The highest BCUT2D eigenvalue weighted by molar-refractivity contribution is 5.74. The Balaban J connectivity index is 2.34. The van der Waals surface area contributed by atoms with Gasteiger partial charge in [-0.25, -0.2) is 4.79 Å². The number of urea groups is 1. The van der Waals surface area contributed by atoms with Crippen LogP contribution in [-0.2, 0) is 0 Å². The molecule has 20 heavy (non-hydrogen) atoms. The van der Waals surface area contributed by atoms with Gasteiger partial charge in [-0.05, 0) is 44.4 Å². The minimum Gasteiger partial charge on any atom is -0.393 e. The molecule has 1 heterocycles. The van der Waals surface area contributed by atoms with Crippen molar-refractivity contribution in [3.8, 4) is 0 Å². The van der Waals surface area contributed by atoms with Crippen molar-refractivity contribution < 1.29 is 15.0 Å². The predicted octanol–water partition coefficient (Wildman–Crippen LogP) is 1.59. The molecule has 5 nitrogen and oxygen atoms in total. The number of piperidine rings is 1. The Morgan fingerprint density at radius 3 is 2.30 bits per heavy atom. The highest BCUT2D eigenvalue weighted by atomic mass is 16.3. The number of amides is 2. The third kappa shape index (κ3) is 5.67. The molecule has 0 radical (unpaired) electrons. The maximum absolute atomic E-state index is 12.1. The molecule has 2 unspecified atom stereocenters. The summed E-state index contributed by atoms with van der Waals surface area (Å²) >= 11 is 0. The van der Waals surface area contributed by atoms with Crippen LogP contribution in [0.2, 0.25) is 0 Å². The summed E-state index contributed by atoms with van der Waals surface area (Å²) in [7, 11) is 0. The Bertz CT molecular complexity index is 308. The largest absolute Gasteiger partial charge is 0.393 e. The second-order valence-corrected chi connectivity index (χ2v) is 6.94. The average Bonchev–Trinajstić information content (AvgIpc) is 2.34. The average molecular weight is 286 g/mol.